The van der Waals surface area contributed by atoms with Crippen LogP contribution in [0, 0.1) is 0 Å². The van der Waals surface area contributed by atoms with E-state index in [1.807, 2.05) is 42.5 Å². The summed E-state index contributed by atoms with van der Waals surface area (Å²) in [7, 11) is -0.446. The summed E-state index contributed by atoms with van der Waals surface area (Å²) in [5.41, 5.74) is 4.87. The number of hydrogen-bond donors (Lipinski definition) is 1. The molecule has 1 N–H and O–H groups in total. The Hall–Kier alpha value is -2.92. The van der Waals surface area contributed by atoms with Gasteiger partial charge in [-0.05, 0) is 46.1 Å². The summed E-state index contributed by atoms with van der Waals surface area (Å²) in [6, 6.07) is 73.7. The molecule has 4 atom stereocenters. The number of ether oxygens (including phenoxy) is 2. The maximum atomic E-state index is 10.5. The maximum absolute atomic E-state index is 10.5. The van der Waals surface area contributed by atoms with Crippen molar-refractivity contribution in [2.45, 2.75) is 55.4 Å². The van der Waals surface area contributed by atoms with Crippen molar-refractivity contribution >= 4 is 103 Å². The van der Waals surface area contributed by atoms with Crippen LogP contribution in [0.15, 0.2) is 212 Å². The molecule has 7 aromatic carbocycles. The van der Waals surface area contributed by atoms with Gasteiger partial charge in [0.2, 0.25) is 0 Å². The van der Waals surface area contributed by atoms with Crippen molar-refractivity contribution in [3.8, 4) is 0 Å². The number of rotatable bonds is 11. The highest BCUT2D eigenvalue weighted by Crippen LogP contribution is 2.33. The van der Waals surface area contributed by atoms with E-state index in [2.05, 4.69) is 224 Å². The molecule has 2 saturated heterocycles. The summed E-state index contributed by atoms with van der Waals surface area (Å²) < 4.78 is 11.0. The van der Waals surface area contributed by atoms with Crippen molar-refractivity contribution in [2.75, 3.05) is 39.4 Å². The van der Waals surface area contributed by atoms with Gasteiger partial charge in [-0.15, -0.1) is 0 Å². The second-order valence-corrected chi connectivity index (χ2v) is 20.7. The van der Waals surface area contributed by atoms with Gasteiger partial charge >= 0.3 is 0 Å². The van der Waals surface area contributed by atoms with Crippen LogP contribution in [0.1, 0.15) is 48.0 Å². The Bertz CT molecular complexity index is 2110. The lowest BCUT2D eigenvalue weighted by molar-refractivity contribution is -0.0918. The van der Waals surface area contributed by atoms with E-state index in [1.165, 1.54) is 32.6 Å². The molecule has 0 bridgehead atoms. The summed E-state index contributed by atoms with van der Waals surface area (Å²) in [6.45, 7) is 6.99. The van der Waals surface area contributed by atoms with E-state index in [0.717, 1.165) is 51.4 Å². The summed E-state index contributed by atoms with van der Waals surface area (Å²) in [5, 5.41) is 14.7. The van der Waals surface area contributed by atoms with Crippen LogP contribution >= 0.6 is 86.9 Å². The Morgan fingerprint density at radius 2 is 0.768 bits per heavy atom. The van der Waals surface area contributed by atoms with Crippen molar-refractivity contribution in [3.63, 3.8) is 0 Å². The average molecular weight is 1200 g/mol. The molecule has 0 aliphatic carbocycles. The molecule has 2 fully saturated rings. The zero-order valence-corrected chi connectivity index (χ0v) is 45.0. The zero-order valence-electron chi connectivity index (χ0n) is 37.1. The molecule has 5 nitrogen and oxygen atoms in total. The zero-order chi connectivity index (χ0) is 47.5. The largest absolute Gasteiger partial charge is 0.386 e. The number of hydrogen-bond acceptors (Lipinski definition) is 5. The molecular weight excluding hydrogens is 1140 g/mol. The van der Waals surface area contributed by atoms with E-state index >= 15 is 0 Å². The van der Waals surface area contributed by atoms with Gasteiger partial charge in [-0.3, -0.25) is 9.80 Å². The summed E-state index contributed by atoms with van der Waals surface area (Å²) in [4.78, 5) is 5.06. The van der Waals surface area contributed by atoms with Crippen LogP contribution < -0.4 is 15.9 Å². The summed E-state index contributed by atoms with van der Waals surface area (Å²) in [5.74, 6) is 0. The molecule has 0 amide bonds. The lowest BCUT2D eigenvalue weighted by Crippen LogP contribution is -2.44. The first-order chi connectivity index (χ1) is 32.8. The SMILES string of the molecule is BrBr.Br[C@H](c1ccccc1)[C@@H]1CN(Cc2ccccc2)CCO1.C.C.ClC(Cl)Cl.O[C@@H](c1ccccc1)[C@@H]1CN(Cc2ccccc2)CCO1.c1ccc(P(c2ccccc2)c2ccccc2)cc1. The number of nitrogens with zero attached hydrogens (tertiary/aromatic N) is 2. The van der Waals surface area contributed by atoms with Crippen LogP contribution in [0.25, 0.3) is 0 Å². The van der Waals surface area contributed by atoms with Crippen molar-refractivity contribution in [1.82, 2.24) is 9.80 Å². The molecule has 2 aliphatic heterocycles. The topological polar surface area (TPSA) is 45.2 Å². The van der Waals surface area contributed by atoms with Gasteiger partial charge in [0.15, 0.2) is 4.30 Å². The van der Waals surface area contributed by atoms with Gasteiger partial charge in [0.05, 0.1) is 24.1 Å². The predicted octanol–water partition coefficient (Wildman–Crippen LogP) is 15.0. The van der Waals surface area contributed by atoms with Crippen LogP contribution in [0.4, 0.5) is 0 Å². The van der Waals surface area contributed by atoms with Gasteiger partial charge < -0.3 is 14.6 Å². The monoisotopic (exact) mass is 1200 g/mol. The first kappa shape index (κ1) is 60.4. The summed E-state index contributed by atoms with van der Waals surface area (Å²) >= 11 is 23.7. The van der Waals surface area contributed by atoms with Crippen LogP contribution in [-0.2, 0) is 22.6 Å². The van der Waals surface area contributed by atoms with E-state index in [-0.39, 0.29) is 31.9 Å². The lowest BCUT2D eigenvalue weighted by atomic mass is 10.0. The lowest BCUT2D eigenvalue weighted by Gasteiger charge is -2.35. The van der Waals surface area contributed by atoms with Crippen molar-refractivity contribution in [2.24, 2.45) is 0 Å². The Balaban J connectivity index is 0.000000255. The molecular formula is C57H65Br3Cl3N2O3P. The normalized spacial score (nSPS) is 16.4. The van der Waals surface area contributed by atoms with Gasteiger partial charge in [0, 0.05) is 67.5 Å². The van der Waals surface area contributed by atoms with Crippen LogP contribution in [0.3, 0.4) is 0 Å². The second-order valence-electron chi connectivity index (χ2n) is 15.5. The fourth-order valence-electron chi connectivity index (χ4n) is 7.70. The highest BCUT2D eigenvalue weighted by atomic mass is 80.9. The quantitative estimate of drug-likeness (QED) is 0.103. The first-order valence-electron chi connectivity index (χ1n) is 22.0. The molecule has 0 radical (unpaired) electrons. The number of alkyl halides is 4. The molecule has 2 heterocycles. The molecule has 368 valence electrons. The van der Waals surface area contributed by atoms with Gasteiger partial charge in [-0.1, -0.05) is 278 Å². The van der Waals surface area contributed by atoms with Crippen molar-refractivity contribution < 1.29 is 14.6 Å². The molecule has 12 heteroatoms. The molecule has 7 aromatic rings. The number of aliphatic hydroxyl groups is 1. The number of benzene rings is 7. The van der Waals surface area contributed by atoms with Crippen molar-refractivity contribution in [3.05, 3.63) is 235 Å². The van der Waals surface area contributed by atoms with Gasteiger partial charge in [0.1, 0.15) is 12.2 Å². The molecule has 0 saturated carbocycles. The Kier molecular flexibility index (Phi) is 30.8. The Morgan fingerprint density at radius 1 is 0.478 bits per heavy atom. The molecule has 0 spiro atoms. The van der Waals surface area contributed by atoms with E-state index in [4.69, 9.17) is 44.3 Å². The standard InChI is InChI=1S/C18H20BrNO.C18H21NO2.C18H15P.CHCl3.2CH4.Br2/c19-18(16-9-5-2-6-10-16)17-14-20(11-12-21-17)13-15-7-3-1-4-8-15;20-18(16-9-5-2-6-10-16)17-14-19(11-12-21-17)13-15-7-3-1-4-8-15;1-4-10-16(11-5-1)19(17-12-6-2-7-13-17)18-14-8-3-9-15-18;2-1(3)4;;;1-2/h1-10,17-18H,11-14H2;1-10,17-18,20H,11-14H2;1-15H;1H;2*1H4;/t17-,18+;17-,18-;;;;;/m00...../s1. The van der Waals surface area contributed by atoms with E-state index in [9.17, 15) is 5.11 Å². The fourth-order valence-corrected chi connectivity index (χ4v) is 10.6. The fraction of sp³-hybridized carbons (Fsp3) is 0.263. The number of morpholine rings is 2. The molecule has 0 aromatic heterocycles. The Morgan fingerprint density at radius 3 is 1.13 bits per heavy atom. The molecule has 2 aliphatic rings. The molecule has 0 unspecified atom stereocenters. The average Bonchev–Trinajstić information content (AvgIpc) is 3.39. The van der Waals surface area contributed by atoms with Gasteiger partial charge in [-0.2, -0.15) is 0 Å². The molecule has 69 heavy (non-hydrogen) atoms. The highest BCUT2D eigenvalue weighted by molar-refractivity contribution is 9.93. The highest BCUT2D eigenvalue weighted by Gasteiger charge is 2.29. The van der Waals surface area contributed by atoms with E-state index in [0.29, 0.717) is 6.61 Å². The minimum atomic E-state index is -0.750. The minimum Gasteiger partial charge on any atom is -0.386 e. The Labute approximate surface area is 452 Å². The predicted molar refractivity (Wildman–Crippen MR) is 310 cm³/mol. The third-order valence-corrected chi connectivity index (χ3v) is 14.4. The van der Waals surface area contributed by atoms with E-state index in [1.54, 1.807) is 0 Å². The minimum absolute atomic E-state index is 0. The third-order valence-electron chi connectivity index (χ3n) is 10.8. The van der Waals surface area contributed by atoms with Crippen molar-refractivity contribution in [1.29, 1.82) is 0 Å². The smallest absolute Gasteiger partial charge is 0.180 e. The third kappa shape index (κ3) is 21.8. The second kappa shape index (κ2) is 35.2. The van der Waals surface area contributed by atoms with E-state index < -0.39 is 18.3 Å². The maximum Gasteiger partial charge on any atom is 0.180 e. The number of aliphatic hydroxyl groups excluding tert-OH is 1. The van der Waals surface area contributed by atoms with Crippen LogP contribution in [0.2, 0.25) is 0 Å². The molecule has 9 rings (SSSR count). The number of halogens is 6. The van der Waals surface area contributed by atoms with Crippen LogP contribution in [0.5, 0.6) is 0 Å². The van der Waals surface area contributed by atoms with Crippen LogP contribution in [-0.4, -0.2) is 70.8 Å². The summed E-state index contributed by atoms with van der Waals surface area (Å²) in [6.07, 6.45) is -0.528. The first-order valence-corrected chi connectivity index (χ1v) is 29.3. The van der Waals surface area contributed by atoms with Gasteiger partial charge in [-0.25, -0.2) is 0 Å². The van der Waals surface area contributed by atoms with Gasteiger partial charge in [0.25, 0.3) is 0 Å².